The van der Waals surface area contributed by atoms with Crippen molar-refractivity contribution < 1.29 is 8.85 Å². The average molecular weight is 323 g/mol. The first-order valence-electron chi connectivity index (χ1n) is 7.64. The third kappa shape index (κ3) is 6.33. The van der Waals surface area contributed by atoms with Crippen LogP contribution in [0.4, 0.5) is 0 Å². The van der Waals surface area contributed by atoms with E-state index in [1.165, 1.54) is 0 Å². The van der Waals surface area contributed by atoms with Gasteiger partial charge in [0.15, 0.2) is 0 Å². The third-order valence-corrected chi connectivity index (χ3v) is 14.4. The van der Waals surface area contributed by atoms with Crippen LogP contribution in [0, 0.1) is 5.92 Å². The van der Waals surface area contributed by atoms with E-state index in [4.69, 9.17) is 21.5 Å². The van der Waals surface area contributed by atoms with Crippen LogP contribution < -0.4 is 0 Å². The molecule has 0 saturated heterocycles. The normalized spacial score (nSPS) is 16.1. The van der Waals surface area contributed by atoms with Gasteiger partial charge in [-0.05, 0) is 25.2 Å². The first-order chi connectivity index (χ1) is 8.69. The monoisotopic (exact) mass is 322 g/mol. The van der Waals surface area contributed by atoms with Gasteiger partial charge >= 0.3 is 9.28 Å². The summed E-state index contributed by atoms with van der Waals surface area (Å²) >= 11 is 5.15. The number of hydrogen-bond donors (Lipinski definition) is 1. The Morgan fingerprint density at radius 1 is 1.05 bits per heavy atom. The summed E-state index contributed by atoms with van der Waals surface area (Å²) in [4.78, 5) is 0. The van der Waals surface area contributed by atoms with Gasteiger partial charge in [0, 0.05) is 17.2 Å². The van der Waals surface area contributed by atoms with Gasteiger partial charge < -0.3 is 8.85 Å². The van der Waals surface area contributed by atoms with E-state index in [-0.39, 0.29) is 3.99 Å². The molecule has 1 atom stereocenters. The molecule has 2 nitrogen and oxygen atoms in total. The molecule has 0 spiro atoms. The topological polar surface area (TPSA) is 18.5 Å². The number of hydrogen-bond acceptors (Lipinski definition) is 3. The molecule has 0 rings (SSSR count). The molecule has 0 saturated carbocycles. The van der Waals surface area contributed by atoms with E-state index >= 15 is 0 Å². The highest BCUT2D eigenvalue weighted by molar-refractivity contribution is 7.86. The van der Waals surface area contributed by atoms with Gasteiger partial charge in [-0.25, -0.2) is 0 Å². The smallest absolute Gasteiger partial charge is 0.334 e. The minimum Gasteiger partial charge on any atom is -0.396 e. The van der Waals surface area contributed by atoms with Crippen LogP contribution in [-0.4, -0.2) is 34.6 Å². The maximum atomic E-state index is 6.16. The lowest BCUT2D eigenvalue weighted by Gasteiger charge is -2.44. The van der Waals surface area contributed by atoms with E-state index in [0.29, 0.717) is 5.92 Å². The number of thiol groups is 1. The van der Waals surface area contributed by atoms with Gasteiger partial charge in [0.2, 0.25) is 0 Å². The minimum atomic E-state index is -1.75. The molecule has 0 bridgehead atoms. The lowest BCUT2D eigenvalue weighted by atomic mass is 10.2. The second kappa shape index (κ2) is 8.87. The van der Waals surface area contributed by atoms with E-state index in [0.717, 1.165) is 32.5 Å². The van der Waals surface area contributed by atoms with Crippen molar-refractivity contribution in [2.45, 2.75) is 70.6 Å². The van der Waals surface area contributed by atoms with E-state index in [1.807, 2.05) is 0 Å². The van der Waals surface area contributed by atoms with Gasteiger partial charge in [-0.15, -0.1) is 0 Å². The van der Waals surface area contributed by atoms with E-state index < -0.39 is 17.4 Å². The van der Waals surface area contributed by atoms with Crippen molar-refractivity contribution in [1.29, 1.82) is 0 Å². The quantitative estimate of drug-likeness (QED) is 0.480. The Bertz CT molecular complexity index is 236. The molecular weight excluding hydrogens is 288 g/mol. The van der Waals surface area contributed by atoms with Crippen LogP contribution in [0.3, 0.4) is 0 Å². The van der Waals surface area contributed by atoms with Crippen molar-refractivity contribution in [1.82, 2.24) is 0 Å². The molecule has 0 aliphatic rings. The summed E-state index contributed by atoms with van der Waals surface area (Å²) in [5.74, 6) is 0.634. The maximum Gasteiger partial charge on any atom is 0.334 e. The van der Waals surface area contributed by atoms with E-state index in [9.17, 15) is 0 Å². The number of rotatable bonds is 10. The predicted octanol–water partition coefficient (Wildman–Crippen LogP) is 4.19. The summed E-state index contributed by atoms with van der Waals surface area (Å²) in [5.41, 5.74) is 0. The zero-order valence-corrected chi connectivity index (χ0v) is 17.0. The van der Waals surface area contributed by atoms with Crippen LogP contribution in [0.5, 0.6) is 0 Å². The van der Waals surface area contributed by atoms with Crippen LogP contribution >= 0.6 is 12.6 Å². The lowest BCUT2D eigenvalue weighted by Crippen LogP contribution is -2.61. The van der Waals surface area contributed by atoms with Crippen LogP contribution in [-0.2, 0) is 8.85 Å². The molecule has 19 heavy (non-hydrogen) atoms. The molecule has 5 heteroatoms. The van der Waals surface area contributed by atoms with Crippen molar-refractivity contribution >= 4 is 30.0 Å². The standard InChI is InChI=1S/C14H34O2SSi2/c1-8-10-15-18(16-11-9-2)14(17,12-13(3)4)19(5,6)7/h13,17-18H,8-12H2,1-7H3/t14-/m1/s1. The molecule has 0 aliphatic carbocycles. The first-order valence-corrected chi connectivity index (χ1v) is 13.1. The zero-order chi connectivity index (χ0) is 15.1. The van der Waals surface area contributed by atoms with Gasteiger partial charge in [-0.1, -0.05) is 47.3 Å². The van der Waals surface area contributed by atoms with Gasteiger partial charge in [0.1, 0.15) is 0 Å². The summed E-state index contributed by atoms with van der Waals surface area (Å²) in [7, 11) is -3.21. The fraction of sp³-hybridized carbons (Fsp3) is 1.00. The minimum absolute atomic E-state index is 0.00546. The Hall–Kier alpha value is 0.704. The predicted molar refractivity (Wildman–Crippen MR) is 94.2 cm³/mol. The summed E-state index contributed by atoms with van der Waals surface area (Å²) < 4.78 is 12.3. The molecule has 0 aromatic rings. The van der Waals surface area contributed by atoms with Gasteiger partial charge in [-0.2, -0.15) is 12.6 Å². The highest BCUT2D eigenvalue weighted by Crippen LogP contribution is 2.37. The molecule has 0 amide bonds. The molecule has 0 heterocycles. The molecular formula is C14H34O2SSi2. The van der Waals surface area contributed by atoms with Crippen molar-refractivity contribution in [3.05, 3.63) is 0 Å². The Morgan fingerprint density at radius 2 is 1.47 bits per heavy atom. The first kappa shape index (κ1) is 19.7. The van der Waals surface area contributed by atoms with Crippen LogP contribution in [0.1, 0.15) is 47.0 Å². The maximum absolute atomic E-state index is 6.16. The third-order valence-electron chi connectivity index (χ3n) is 3.35. The molecule has 0 aliphatic heterocycles. The lowest BCUT2D eigenvalue weighted by molar-refractivity contribution is 0.188. The fourth-order valence-electron chi connectivity index (χ4n) is 2.15. The van der Waals surface area contributed by atoms with E-state index in [1.54, 1.807) is 0 Å². The summed E-state index contributed by atoms with van der Waals surface area (Å²) in [5, 5.41) is 0. The van der Waals surface area contributed by atoms with Crippen molar-refractivity contribution in [2.75, 3.05) is 13.2 Å². The molecule has 0 aromatic carbocycles. The van der Waals surface area contributed by atoms with Crippen molar-refractivity contribution in [3.8, 4) is 0 Å². The molecule has 0 radical (unpaired) electrons. The summed E-state index contributed by atoms with van der Waals surface area (Å²) in [6, 6.07) is 0. The van der Waals surface area contributed by atoms with Gasteiger partial charge in [0.05, 0.1) is 8.07 Å². The average Bonchev–Trinajstić information content (AvgIpc) is 2.26. The Morgan fingerprint density at radius 3 is 1.74 bits per heavy atom. The zero-order valence-electron chi connectivity index (χ0n) is 14.0. The molecule has 116 valence electrons. The highest BCUT2D eigenvalue weighted by atomic mass is 32.1. The summed E-state index contributed by atoms with van der Waals surface area (Å²) in [6.45, 7) is 17.7. The van der Waals surface area contributed by atoms with Crippen LogP contribution in [0.15, 0.2) is 0 Å². The molecule has 0 fully saturated rings. The largest absolute Gasteiger partial charge is 0.396 e. The Balaban J connectivity index is 5.10. The van der Waals surface area contributed by atoms with Gasteiger partial charge in [-0.3, -0.25) is 0 Å². The summed E-state index contributed by atoms with van der Waals surface area (Å²) in [6.07, 6.45) is 3.21. The highest BCUT2D eigenvalue weighted by Gasteiger charge is 2.50. The molecule has 0 aromatic heterocycles. The molecule has 0 N–H and O–H groups in total. The SMILES string of the molecule is CCCO[SiH](OCCC)[C@](S)(CC(C)C)[Si](C)(C)C. The fourth-order valence-corrected chi connectivity index (χ4v) is 9.52. The van der Waals surface area contributed by atoms with Gasteiger partial charge in [0.25, 0.3) is 0 Å². The van der Waals surface area contributed by atoms with Crippen LogP contribution in [0.2, 0.25) is 19.6 Å². The Labute approximate surface area is 128 Å². The Kier molecular flexibility index (Phi) is 9.20. The van der Waals surface area contributed by atoms with E-state index in [2.05, 4.69) is 47.3 Å². The second-order valence-corrected chi connectivity index (χ2v) is 16.8. The second-order valence-electron chi connectivity index (χ2n) is 6.85. The van der Waals surface area contributed by atoms with Crippen molar-refractivity contribution in [3.63, 3.8) is 0 Å². The van der Waals surface area contributed by atoms with Crippen LogP contribution in [0.25, 0.3) is 0 Å². The van der Waals surface area contributed by atoms with Crippen molar-refractivity contribution in [2.24, 2.45) is 5.92 Å². The molecule has 0 unspecified atom stereocenters.